The number of likely N-dealkylation sites (tertiary alicyclic amines) is 1. The van der Waals surface area contributed by atoms with E-state index in [2.05, 4.69) is 27.8 Å². The molecule has 1 nitrogen and oxygen atoms in total. The molecule has 1 atom stereocenters. The van der Waals surface area contributed by atoms with Gasteiger partial charge in [0.2, 0.25) is 0 Å². The van der Waals surface area contributed by atoms with E-state index in [1.165, 1.54) is 69.9 Å². The van der Waals surface area contributed by atoms with Gasteiger partial charge in [0, 0.05) is 18.4 Å². The van der Waals surface area contributed by atoms with Crippen LogP contribution < -0.4 is 0 Å². The van der Waals surface area contributed by atoms with Crippen LogP contribution in [0.4, 0.5) is 0 Å². The van der Waals surface area contributed by atoms with E-state index in [-0.39, 0.29) is 0 Å². The Balaban J connectivity index is 1.81. The van der Waals surface area contributed by atoms with Gasteiger partial charge in [0.1, 0.15) is 0 Å². The summed E-state index contributed by atoms with van der Waals surface area (Å²) < 4.78 is 0. The SMILES string of the molecule is CCCC1CCN(CC2(CBr)CCCC2)C1. The monoisotopic (exact) mass is 287 g/mol. The first-order valence-corrected chi connectivity index (χ1v) is 8.18. The van der Waals surface area contributed by atoms with Crippen LogP contribution in [0.5, 0.6) is 0 Å². The Morgan fingerprint density at radius 3 is 2.69 bits per heavy atom. The summed E-state index contributed by atoms with van der Waals surface area (Å²) in [7, 11) is 0. The van der Waals surface area contributed by atoms with Crippen molar-refractivity contribution in [3.63, 3.8) is 0 Å². The minimum Gasteiger partial charge on any atom is -0.302 e. The van der Waals surface area contributed by atoms with E-state index in [0.29, 0.717) is 5.41 Å². The molecular formula is C14H26BrN. The third-order valence-corrected chi connectivity index (χ3v) is 5.76. The Bertz CT molecular complexity index is 211. The van der Waals surface area contributed by atoms with Crippen LogP contribution in [0.25, 0.3) is 0 Å². The Hall–Kier alpha value is 0.440. The van der Waals surface area contributed by atoms with Crippen LogP contribution >= 0.6 is 15.9 Å². The van der Waals surface area contributed by atoms with E-state index in [1.54, 1.807) is 0 Å². The second-order valence-corrected chi connectivity index (χ2v) is 6.58. The molecule has 0 bridgehead atoms. The van der Waals surface area contributed by atoms with E-state index < -0.39 is 0 Å². The Morgan fingerprint density at radius 1 is 1.31 bits per heavy atom. The molecule has 0 radical (unpaired) electrons. The molecule has 94 valence electrons. The van der Waals surface area contributed by atoms with E-state index in [1.807, 2.05) is 0 Å². The minimum absolute atomic E-state index is 0.626. The summed E-state index contributed by atoms with van der Waals surface area (Å²) in [6.07, 6.45) is 10.1. The van der Waals surface area contributed by atoms with Crippen LogP contribution in [0.15, 0.2) is 0 Å². The molecule has 0 spiro atoms. The summed E-state index contributed by atoms with van der Waals surface area (Å²) in [6, 6.07) is 0. The van der Waals surface area contributed by atoms with Gasteiger partial charge in [-0.1, -0.05) is 42.1 Å². The second kappa shape index (κ2) is 5.86. The quantitative estimate of drug-likeness (QED) is 0.689. The first kappa shape index (κ1) is 12.9. The molecule has 1 aliphatic carbocycles. The second-order valence-electron chi connectivity index (χ2n) is 6.02. The highest BCUT2D eigenvalue weighted by Gasteiger charge is 2.36. The summed E-state index contributed by atoms with van der Waals surface area (Å²) in [5.41, 5.74) is 0.626. The van der Waals surface area contributed by atoms with Gasteiger partial charge in [-0.05, 0) is 43.6 Å². The molecule has 2 aliphatic rings. The maximum absolute atomic E-state index is 3.76. The third kappa shape index (κ3) is 3.01. The standard InChI is InChI=1S/C14H26BrN/c1-2-5-13-6-9-16(10-13)12-14(11-15)7-3-4-8-14/h13H,2-12H2,1H3. The molecule has 2 rings (SSSR count). The minimum atomic E-state index is 0.626. The lowest BCUT2D eigenvalue weighted by Crippen LogP contribution is -2.36. The van der Waals surface area contributed by atoms with Crippen molar-refractivity contribution in [1.29, 1.82) is 0 Å². The van der Waals surface area contributed by atoms with Crippen molar-refractivity contribution in [2.24, 2.45) is 11.3 Å². The van der Waals surface area contributed by atoms with Crippen LogP contribution in [0.1, 0.15) is 51.9 Å². The van der Waals surface area contributed by atoms with Gasteiger partial charge in [0.05, 0.1) is 0 Å². The number of rotatable bonds is 5. The summed E-state index contributed by atoms with van der Waals surface area (Å²) >= 11 is 3.76. The first-order valence-electron chi connectivity index (χ1n) is 7.06. The zero-order valence-corrected chi connectivity index (χ0v) is 12.3. The average molecular weight is 288 g/mol. The zero-order valence-electron chi connectivity index (χ0n) is 10.7. The van der Waals surface area contributed by atoms with Gasteiger partial charge < -0.3 is 4.90 Å². The molecular weight excluding hydrogens is 262 g/mol. The van der Waals surface area contributed by atoms with Crippen LogP contribution in [-0.4, -0.2) is 29.9 Å². The maximum Gasteiger partial charge on any atom is 0.0100 e. The fourth-order valence-corrected chi connectivity index (χ4v) is 4.37. The lowest BCUT2D eigenvalue weighted by molar-refractivity contribution is 0.196. The molecule has 1 aliphatic heterocycles. The fraction of sp³-hybridized carbons (Fsp3) is 1.00. The summed E-state index contributed by atoms with van der Waals surface area (Å²) in [4.78, 5) is 2.74. The predicted molar refractivity (Wildman–Crippen MR) is 74.2 cm³/mol. The maximum atomic E-state index is 3.76. The molecule has 2 fully saturated rings. The molecule has 0 aromatic heterocycles. The van der Waals surface area contributed by atoms with E-state index in [0.717, 1.165) is 5.92 Å². The van der Waals surface area contributed by atoms with Crippen molar-refractivity contribution >= 4 is 15.9 Å². The number of alkyl halides is 1. The highest BCUT2D eigenvalue weighted by Crippen LogP contribution is 2.41. The van der Waals surface area contributed by atoms with Gasteiger partial charge >= 0.3 is 0 Å². The van der Waals surface area contributed by atoms with Crippen molar-refractivity contribution in [2.45, 2.75) is 51.9 Å². The Morgan fingerprint density at radius 2 is 2.06 bits per heavy atom. The van der Waals surface area contributed by atoms with Crippen molar-refractivity contribution < 1.29 is 0 Å². The number of nitrogens with zero attached hydrogens (tertiary/aromatic N) is 1. The van der Waals surface area contributed by atoms with Crippen molar-refractivity contribution in [3.8, 4) is 0 Å². The molecule has 1 heterocycles. The van der Waals surface area contributed by atoms with Gasteiger partial charge in [0.15, 0.2) is 0 Å². The smallest absolute Gasteiger partial charge is 0.0100 e. The molecule has 0 aromatic rings. The Kier molecular flexibility index (Phi) is 4.72. The van der Waals surface area contributed by atoms with E-state index in [4.69, 9.17) is 0 Å². The zero-order chi connectivity index (χ0) is 11.4. The van der Waals surface area contributed by atoms with Gasteiger partial charge in [-0.25, -0.2) is 0 Å². The number of hydrogen-bond acceptors (Lipinski definition) is 1. The van der Waals surface area contributed by atoms with Crippen molar-refractivity contribution in [2.75, 3.05) is 25.0 Å². The van der Waals surface area contributed by atoms with E-state index >= 15 is 0 Å². The largest absolute Gasteiger partial charge is 0.302 e. The van der Waals surface area contributed by atoms with Crippen molar-refractivity contribution in [3.05, 3.63) is 0 Å². The molecule has 1 saturated heterocycles. The van der Waals surface area contributed by atoms with Gasteiger partial charge in [0.25, 0.3) is 0 Å². The van der Waals surface area contributed by atoms with Crippen molar-refractivity contribution in [1.82, 2.24) is 4.90 Å². The molecule has 1 unspecified atom stereocenters. The van der Waals surface area contributed by atoms with Crippen LogP contribution in [0.2, 0.25) is 0 Å². The summed E-state index contributed by atoms with van der Waals surface area (Å²) in [5.74, 6) is 0.999. The molecule has 2 heteroatoms. The number of hydrogen-bond donors (Lipinski definition) is 0. The summed E-state index contributed by atoms with van der Waals surface area (Å²) in [6.45, 7) is 6.42. The topological polar surface area (TPSA) is 3.24 Å². The number of halogens is 1. The van der Waals surface area contributed by atoms with Gasteiger partial charge in [-0.2, -0.15) is 0 Å². The van der Waals surface area contributed by atoms with Crippen LogP contribution in [-0.2, 0) is 0 Å². The lowest BCUT2D eigenvalue weighted by atomic mass is 9.88. The normalized spacial score (nSPS) is 30.0. The molecule has 0 aromatic carbocycles. The highest BCUT2D eigenvalue weighted by atomic mass is 79.9. The molecule has 0 N–H and O–H groups in total. The van der Waals surface area contributed by atoms with Crippen LogP contribution in [0, 0.1) is 11.3 Å². The van der Waals surface area contributed by atoms with E-state index in [9.17, 15) is 0 Å². The first-order chi connectivity index (χ1) is 7.78. The van der Waals surface area contributed by atoms with Gasteiger partial charge in [-0.15, -0.1) is 0 Å². The molecule has 16 heavy (non-hydrogen) atoms. The molecule has 0 amide bonds. The molecule has 1 saturated carbocycles. The summed E-state index contributed by atoms with van der Waals surface area (Å²) in [5, 5.41) is 1.22. The predicted octanol–water partition coefficient (Wildman–Crippen LogP) is 4.06. The average Bonchev–Trinajstić information content (AvgIpc) is 2.90. The van der Waals surface area contributed by atoms with Gasteiger partial charge in [-0.3, -0.25) is 0 Å². The van der Waals surface area contributed by atoms with Crippen LogP contribution in [0.3, 0.4) is 0 Å². The highest BCUT2D eigenvalue weighted by molar-refractivity contribution is 9.09. The fourth-order valence-electron chi connectivity index (χ4n) is 3.63. The lowest BCUT2D eigenvalue weighted by Gasteiger charge is -2.32. The Labute approximate surface area is 109 Å². The third-order valence-electron chi connectivity index (χ3n) is 4.57.